The lowest BCUT2D eigenvalue weighted by atomic mass is 10.4. The van der Waals surface area contributed by atoms with E-state index in [1.165, 1.54) is 6.08 Å². The molecule has 0 fully saturated rings. The van der Waals surface area contributed by atoms with Gasteiger partial charge in [0, 0.05) is 12.4 Å². The molecular formula is C9H9ClN6. The van der Waals surface area contributed by atoms with Crippen LogP contribution in [0.5, 0.6) is 0 Å². The Labute approximate surface area is 96.0 Å². The maximum Gasteiger partial charge on any atom is 0.226 e. The largest absolute Gasteiger partial charge is 0.385 e. The van der Waals surface area contributed by atoms with Crippen molar-refractivity contribution >= 4 is 34.7 Å². The molecule has 0 aliphatic rings. The summed E-state index contributed by atoms with van der Waals surface area (Å²) in [5, 5.41) is 10.6. The van der Waals surface area contributed by atoms with Gasteiger partial charge in [0.2, 0.25) is 5.28 Å². The van der Waals surface area contributed by atoms with Crippen molar-refractivity contribution in [1.29, 1.82) is 5.41 Å². The van der Waals surface area contributed by atoms with Crippen LogP contribution in [0.3, 0.4) is 0 Å². The molecule has 0 saturated carbocycles. The third-order valence-electron chi connectivity index (χ3n) is 1.91. The summed E-state index contributed by atoms with van der Waals surface area (Å²) in [6.07, 6.45) is 4.23. The average molecular weight is 237 g/mol. The summed E-state index contributed by atoms with van der Waals surface area (Å²) in [4.78, 5) is 11.0. The molecule has 0 aliphatic carbocycles. The number of anilines is 1. The summed E-state index contributed by atoms with van der Waals surface area (Å²) in [6, 6.07) is 1.81. The van der Waals surface area contributed by atoms with E-state index in [1.54, 1.807) is 6.20 Å². The van der Waals surface area contributed by atoms with E-state index in [2.05, 4.69) is 20.3 Å². The van der Waals surface area contributed by atoms with Crippen molar-refractivity contribution in [2.75, 3.05) is 5.32 Å². The maximum absolute atomic E-state index is 6.89. The summed E-state index contributed by atoms with van der Waals surface area (Å²) >= 11 is 5.75. The molecule has 2 rings (SSSR count). The lowest BCUT2D eigenvalue weighted by Gasteiger charge is -2.05. The number of allylic oxidation sites excluding steroid dienone is 1. The van der Waals surface area contributed by atoms with Gasteiger partial charge in [-0.2, -0.15) is 9.97 Å². The number of aromatic nitrogens is 3. The van der Waals surface area contributed by atoms with Gasteiger partial charge in [-0.15, -0.1) is 0 Å². The van der Waals surface area contributed by atoms with Gasteiger partial charge < -0.3 is 21.4 Å². The molecule has 16 heavy (non-hydrogen) atoms. The van der Waals surface area contributed by atoms with Crippen LogP contribution in [0.25, 0.3) is 11.0 Å². The fourth-order valence-electron chi connectivity index (χ4n) is 1.28. The van der Waals surface area contributed by atoms with E-state index in [9.17, 15) is 0 Å². The van der Waals surface area contributed by atoms with Gasteiger partial charge in [0.05, 0.1) is 5.39 Å². The first-order valence-electron chi connectivity index (χ1n) is 4.44. The Kier molecular flexibility index (Phi) is 2.74. The van der Waals surface area contributed by atoms with E-state index >= 15 is 0 Å². The number of hydrogen-bond donors (Lipinski definition) is 4. The number of hydrogen-bond acceptors (Lipinski definition) is 5. The molecule has 82 valence electrons. The molecule has 0 radical (unpaired) electrons. The van der Waals surface area contributed by atoms with Gasteiger partial charge >= 0.3 is 0 Å². The van der Waals surface area contributed by atoms with Crippen LogP contribution in [0.1, 0.15) is 0 Å². The second kappa shape index (κ2) is 4.19. The molecule has 6 nitrogen and oxygen atoms in total. The lowest BCUT2D eigenvalue weighted by Crippen LogP contribution is -2.10. The highest BCUT2D eigenvalue weighted by Crippen LogP contribution is 2.21. The molecule has 0 saturated heterocycles. The molecule has 0 aromatic carbocycles. The van der Waals surface area contributed by atoms with Crippen molar-refractivity contribution in [2.24, 2.45) is 5.73 Å². The molecular weight excluding hydrogens is 228 g/mol. The minimum atomic E-state index is 0.125. The average Bonchev–Trinajstić information content (AvgIpc) is 2.65. The standard InChI is InChI=1S/C9H9ClN6/c10-9-15-7-5(2-4-13-7)8(16-9)14-6(12)1-3-11/h1-4,11H,12H2,(H2,13,14,15,16)/b6-1+,11-3?. The lowest BCUT2D eigenvalue weighted by molar-refractivity contribution is 1.18. The first-order chi connectivity index (χ1) is 7.70. The second-order valence-electron chi connectivity index (χ2n) is 2.99. The van der Waals surface area contributed by atoms with Crippen LogP contribution in [0.15, 0.2) is 24.2 Å². The summed E-state index contributed by atoms with van der Waals surface area (Å²) in [5.41, 5.74) is 6.24. The number of aromatic amines is 1. The Morgan fingerprint density at radius 1 is 1.56 bits per heavy atom. The predicted molar refractivity (Wildman–Crippen MR) is 63.6 cm³/mol. The van der Waals surface area contributed by atoms with Crippen molar-refractivity contribution in [3.05, 3.63) is 29.4 Å². The molecule has 0 spiro atoms. The first kappa shape index (κ1) is 10.4. The molecule has 0 unspecified atom stereocenters. The number of nitrogens with zero attached hydrogens (tertiary/aromatic N) is 2. The molecule has 7 heteroatoms. The quantitative estimate of drug-likeness (QED) is 0.479. The third-order valence-corrected chi connectivity index (χ3v) is 2.08. The Hall–Kier alpha value is -2.08. The van der Waals surface area contributed by atoms with Gasteiger partial charge in [0.15, 0.2) is 0 Å². The van der Waals surface area contributed by atoms with Gasteiger partial charge in [0.25, 0.3) is 0 Å². The van der Waals surface area contributed by atoms with Gasteiger partial charge in [-0.05, 0) is 23.7 Å². The van der Waals surface area contributed by atoms with Crippen molar-refractivity contribution in [3.8, 4) is 0 Å². The topological polar surface area (TPSA) is 103 Å². The van der Waals surface area contributed by atoms with Gasteiger partial charge in [-0.1, -0.05) is 0 Å². The number of nitrogens with one attached hydrogen (secondary N) is 3. The van der Waals surface area contributed by atoms with Crippen molar-refractivity contribution in [2.45, 2.75) is 0 Å². The molecule has 0 atom stereocenters. The highest BCUT2D eigenvalue weighted by Gasteiger charge is 2.07. The Bertz CT molecular complexity index is 558. The second-order valence-corrected chi connectivity index (χ2v) is 3.33. The zero-order valence-corrected chi connectivity index (χ0v) is 8.92. The number of fused-ring (bicyclic) bond motifs is 1. The van der Waals surface area contributed by atoms with Gasteiger partial charge in [0.1, 0.15) is 17.3 Å². The van der Waals surface area contributed by atoms with Crippen LogP contribution in [0.4, 0.5) is 5.82 Å². The molecule has 2 aromatic heterocycles. The van der Waals surface area contributed by atoms with Crippen LogP contribution in [-0.2, 0) is 0 Å². The molecule has 2 aromatic rings. The Morgan fingerprint density at radius 2 is 2.38 bits per heavy atom. The summed E-state index contributed by atoms with van der Waals surface area (Å²) in [5.74, 6) is 0.819. The van der Waals surface area contributed by atoms with E-state index in [-0.39, 0.29) is 5.28 Å². The molecule has 5 N–H and O–H groups in total. The number of halogens is 1. The van der Waals surface area contributed by atoms with Crippen LogP contribution in [0.2, 0.25) is 5.28 Å². The summed E-state index contributed by atoms with van der Waals surface area (Å²) in [7, 11) is 0. The Morgan fingerprint density at radius 3 is 3.12 bits per heavy atom. The molecule has 2 heterocycles. The van der Waals surface area contributed by atoms with E-state index < -0.39 is 0 Å². The monoisotopic (exact) mass is 236 g/mol. The normalized spacial score (nSPS) is 11.7. The zero-order valence-electron chi connectivity index (χ0n) is 8.16. The number of rotatable bonds is 3. The fraction of sp³-hybridized carbons (Fsp3) is 0. The SMILES string of the molecule is N=C/C=C(\N)Nc1nc(Cl)nc2[nH]ccc12. The molecule has 0 bridgehead atoms. The zero-order chi connectivity index (χ0) is 11.5. The van der Waals surface area contributed by atoms with Crippen molar-refractivity contribution in [3.63, 3.8) is 0 Å². The predicted octanol–water partition coefficient (Wildman–Crippen LogP) is 1.47. The van der Waals surface area contributed by atoms with Gasteiger partial charge in [-0.3, -0.25) is 0 Å². The highest BCUT2D eigenvalue weighted by atomic mass is 35.5. The van der Waals surface area contributed by atoms with E-state index in [0.717, 1.165) is 11.6 Å². The summed E-state index contributed by atoms with van der Waals surface area (Å²) in [6.45, 7) is 0. The third kappa shape index (κ3) is 1.96. The van der Waals surface area contributed by atoms with E-state index in [0.29, 0.717) is 17.3 Å². The van der Waals surface area contributed by atoms with Crippen molar-refractivity contribution < 1.29 is 0 Å². The Balaban J connectivity index is 2.46. The van der Waals surface area contributed by atoms with Crippen LogP contribution in [-0.4, -0.2) is 21.2 Å². The molecule has 0 amide bonds. The smallest absolute Gasteiger partial charge is 0.226 e. The molecule has 0 aliphatic heterocycles. The summed E-state index contributed by atoms with van der Waals surface area (Å²) < 4.78 is 0. The first-order valence-corrected chi connectivity index (χ1v) is 4.82. The van der Waals surface area contributed by atoms with Crippen molar-refractivity contribution in [1.82, 2.24) is 15.0 Å². The van der Waals surface area contributed by atoms with Crippen LogP contribution in [0, 0.1) is 5.41 Å². The highest BCUT2D eigenvalue weighted by molar-refractivity contribution is 6.28. The maximum atomic E-state index is 6.89. The minimum absolute atomic E-state index is 0.125. The number of H-pyrrole nitrogens is 1. The minimum Gasteiger partial charge on any atom is -0.385 e. The van der Waals surface area contributed by atoms with Gasteiger partial charge in [-0.25, -0.2) is 0 Å². The van der Waals surface area contributed by atoms with Crippen LogP contribution >= 0.6 is 11.6 Å². The van der Waals surface area contributed by atoms with E-state index in [4.69, 9.17) is 22.7 Å². The van der Waals surface area contributed by atoms with E-state index in [1.807, 2.05) is 6.07 Å². The fourth-order valence-corrected chi connectivity index (χ4v) is 1.45. The number of nitrogens with two attached hydrogens (primary N) is 1. The van der Waals surface area contributed by atoms with Crippen LogP contribution < -0.4 is 11.1 Å².